The van der Waals surface area contributed by atoms with Crippen molar-refractivity contribution in [3.63, 3.8) is 0 Å². The summed E-state index contributed by atoms with van der Waals surface area (Å²) in [5, 5.41) is 10.5. The highest BCUT2D eigenvalue weighted by Crippen LogP contribution is 2.39. The van der Waals surface area contributed by atoms with Gasteiger partial charge >= 0.3 is 0 Å². The maximum Gasteiger partial charge on any atom is 0.0487 e. The highest BCUT2D eigenvalue weighted by Gasteiger charge is 2.13. The number of nitrogens with zero attached hydrogens (tertiary/aromatic N) is 1. The number of anilines is 2. The first-order valence-corrected chi connectivity index (χ1v) is 9.69. The molecular weight excluding hydrogens is 338 g/mol. The van der Waals surface area contributed by atoms with E-state index in [1.807, 2.05) is 0 Å². The standard InChI is InChI=1S/C27H19N/c1-28(25-11-5-7-18-6-2-3-10-24(18)25)23-16-21-14-12-19-8-4-9-20-13-15-22(17-23)27(21)26(19)20/h2-17H,1H3. The lowest BCUT2D eigenvalue weighted by Crippen LogP contribution is -2.09. The van der Waals surface area contributed by atoms with E-state index in [9.17, 15) is 0 Å². The Hall–Kier alpha value is -3.58. The first kappa shape index (κ1) is 15.5. The number of hydrogen-bond donors (Lipinski definition) is 0. The van der Waals surface area contributed by atoms with Gasteiger partial charge in [0.1, 0.15) is 0 Å². The molecule has 0 amide bonds. The minimum atomic E-state index is 1.21. The van der Waals surface area contributed by atoms with E-state index >= 15 is 0 Å². The lowest BCUT2D eigenvalue weighted by Gasteiger charge is -2.23. The minimum absolute atomic E-state index is 1.21. The topological polar surface area (TPSA) is 3.24 Å². The van der Waals surface area contributed by atoms with Gasteiger partial charge in [0.25, 0.3) is 0 Å². The zero-order chi connectivity index (χ0) is 18.7. The smallest absolute Gasteiger partial charge is 0.0487 e. The molecule has 0 atom stereocenters. The van der Waals surface area contributed by atoms with Crippen molar-refractivity contribution in [2.24, 2.45) is 0 Å². The maximum atomic E-state index is 2.32. The van der Waals surface area contributed by atoms with Crippen LogP contribution in [0.4, 0.5) is 11.4 Å². The molecule has 28 heavy (non-hydrogen) atoms. The molecule has 0 spiro atoms. The van der Waals surface area contributed by atoms with Gasteiger partial charge < -0.3 is 4.90 Å². The van der Waals surface area contributed by atoms with Crippen LogP contribution in [0.3, 0.4) is 0 Å². The molecule has 0 radical (unpaired) electrons. The molecule has 0 unspecified atom stereocenters. The number of hydrogen-bond acceptors (Lipinski definition) is 1. The van der Waals surface area contributed by atoms with Gasteiger partial charge in [-0.05, 0) is 55.9 Å². The Morgan fingerprint density at radius 2 is 1.04 bits per heavy atom. The zero-order valence-electron chi connectivity index (χ0n) is 15.7. The third-order valence-corrected chi connectivity index (χ3v) is 5.96. The Kier molecular flexibility index (Phi) is 3.15. The summed E-state index contributed by atoms with van der Waals surface area (Å²) in [5.41, 5.74) is 2.44. The normalized spacial score (nSPS) is 11.8. The fraction of sp³-hybridized carbons (Fsp3) is 0.0370. The molecule has 0 aromatic heterocycles. The molecule has 0 bridgehead atoms. The summed E-state index contributed by atoms with van der Waals surface area (Å²) in [7, 11) is 2.16. The van der Waals surface area contributed by atoms with Crippen molar-refractivity contribution in [3.8, 4) is 0 Å². The third kappa shape index (κ3) is 2.13. The summed E-state index contributed by atoms with van der Waals surface area (Å²) in [6.07, 6.45) is 0. The van der Waals surface area contributed by atoms with E-state index in [0.29, 0.717) is 0 Å². The Morgan fingerprint density at radius 3 is 1.79 bits per heavy atom. The molecule has 0 heterocycles. The van der Waals surface area contributed by atoms with Crippen LogP contribution in [0.15, 0.2) is 97.1 Å². The Labute approximate surface area is 163 Å². The molecule has 6 rings (SSSR count). The summed E-state index contributed by atoms with van der Waals surface area (Å²) in [6, 6.07) is 35.3. The van der Waals surface area contributed by atoms with Crippen LogP contribution < -0.4 is 4.90 Å². The van der Waals surface area contributed by atoms with E-state index in [-0.39, 0.29) is 0 Å². The van der Waals surface area contributed by atoms with Crippen LogP contribution in [-0.4, -0.2) is 7.05 Å². The fourth-order valence-corrected chi connectivity index (χ4v) is 4.57. The van der Waals surface area contributed by atoms with Crippen LogP contribution in [0.25, 0.3) is 43.1 Å². The second-order valence-corrected chi connectivity index (χ2v) is 7.53. The molecule has 0 saturated carbocycles. The molecule has 0 aliphatic rings. The highest BCUT2D eigenvalue weighted by molar-refractivity contribution is 6.23. The lowest BCUT2D eigenvalue weighted by molar-refractivity contribution is 1.23. The number of rotatable bonds is 2. The Bertz CT molecular complexity index is 1410. The van der Waals surface area contributed by atoms with Crippen LogP contribution in [0, 0.1) is 0 Å². The van der Waals surface area contributed by atoms with Crippen LogP contribution in [-0.2, 0) is 0 Å². The molecule has 0 fully saturated rings. The average molecular weight is 357 g/mol. The summed E-state index contributed by atoms with van der Waals surface area (Å²) in [4.78, 5) is 2.30. The minimum Gasteiger partial charge on any atom is -0.344 e. The summed E-state index contributed by atoms with van der Waals surface area (Å²) in [5.74, 6) is 0. The first-order chi connectivity index (χ1) is 13.8. The van der Waals surface area contributed by atoms with Crippen molar-refractivity contribution in [3.05, 3.63) is 97.1 Å². The van der Waals surface area contributed by atoms with Gasteiger partial charge in [-0.25, -0.2) is 0 Å². The van der Waals surface area contributed by atoms with Crippen LogP contribution in [0.1, 0.15) is 0 Å². The van der Waals surface area contributed by atoms with Crippen molar-refractivity contribution in [1.29, 1.82) is 0 Å². The molecule has 0 aliphatic heterocycles. The highest BCUT2D eigenvalue weighted by atomic mass is 15.1. The van der Waals surface area contributed by atoms with Gasteiger partial charge in [-0.15, -0.1) is 0 Å². The van der Waals surface area contributed by atoms with E-state index in [0.717, 1.165) is 0 Å². The molecule has 0 N–H and O–H groups in total. The van der Waals surface area contributed by atoms with Crippen LogP contribution >= 0.6 is 0 Å². The maximum absolute atomic E-state index is 2.32. The monoisotopic (exact) mass is 357 g/mol. The Balaban J connectivity index is 1.62. The molecule has 132 valence electrons. The number of fused-ring (bicyclic) bond motifs is 1. The lowest BCUT2D eigenvalue weighted by atomic mass is 9.94. The Morgan fingerprint density at radius 1 is 0.500 bits per heavy atom. The predicted molar refractivity (Wildman–Crippen MR) is 122 cm³/mol. The SMILES string of the molecule is CN(c1cc2ccc3cccc4ccc(c1)c2c34)c1cccc2ccccc12. The van der Waals surface area contributed by atoms with Gasteiger partial charge in [0, 0.05) is 23.8 Å². The molecule has 1 heteroatoms. The third-order valence-electron chi connectivity index (χ3n) is 5.96. The van der Waals surface area contributed by atoms with E-state index in [2.05, 4.69) is 109 Å². The fourth-order valence-electron chi connectivity index (χ4n) is 4.57. The van der Waals surface area contributed by atoms with Gasteiger partial charge in [0.05, 0.1) is 0 Å². The van der Waals surface area contributed by atoms with Crippen LogP contribution in [0.2, 0.25) is 0 Å². The summed E-state index contributed by atoms with van der Waals surface area (Å²) >= 11 is 0. The summed E-state index contributed by atoms with van der Waals surface area (Å²) < 4.78 is 0. The first-order valence-electron chi connectivity index (χ1n) is 9.69. The quantitative estimate of drug-likeness (QED) is 0.290. The van der Waals surface area contributed by atoms with Crippen molar-refractivity contribution in [1.82, 2.24) is 0 Å². The van der Waals surface area contributed by atoms with Gasteiger partial charge in [-0.3, -0.25) is 0 Å². The second kappa shape index (κ2) is 5.71. The predicted octanol–water partition coefficient (Wildman–Crippen LogP) is 7.51. The van der Waals surface area contributed by atoms with Gasteiger partial charge in [0.2, 0.25) is 0 Å². The van der Waals surface area contributed by atoms with Gasteiger partial charge in [-0.1, -0.05) is 78.9 Å². The van der Waals surface area contributed by atoms with E-state index in [1.165, 1.54) is 54.5 Å². The molecule has 0 saturated heterocycles. The molecule has 6 aromatic rings. The molecule has 0 aliphatic carbocycles. The molecule has 1 nitrogen and oxygen atoms in total. The van der Waals surface area contributed by atoms with Crippen molar-refractivity contribution in [2.75, 3.05) is 11.9 Å². The zero-order valence-corrected chi connectivity index (χ0v) is 15.7. The van der Waals surface area contributed by atoms with Crippen molar-refractivity contribution >= 4 is 54.5 Å². The van der Waals surface area contributed by atoms with Crippen LogP contribution in [0.5, 0.6) is 0 Å². The largest absolute Gasteiger partial charge is 0.344 e. The number of benzene rings is 6. The summed E-state index contributed by atoms with van der Waals surface area (Å²) in [6.45, 7) is 0. The molecular formula is C27H19N. The average Bonchev–Trinajstić information content (AvgIpc) is 2.76. The molecule has 6 aromatic carbocycles. The van der Waals surface area contributed by atoms with E-state index < -0.39 is 0 Å². The van der Waals surface area contributed by atoms with E-state index in [4.69, 9.17) is 0 Å². The van der Waals surface area contributed by atoms with Gasteiger partial charge in [0.15, 0.2) is 0 Å². The van der Waals surface area contributed by atoms with Crippen molar-refractivity contribution in [2.45, 2.75) is 0 Å². The second-order valence-electron chi connectivity index (χ2n) is 7.53. The van der Waals surface area contributed by atoms with E-state index in [1.54, 1.807) is 0 Å². The van der Waals surface area contributed by atoms with Gasteiger partial charge in [-0.2, -0.15) is 0 Å². The van der Waals surface area contributed by atoms with Crippen molar-refractivity contribution < 1.29 is 0 Å².